The Morgan fingerprint density at radius 3 is 2.25 bits per heavy atom. The molecule has 0 aliphatic rings. The minimum absolute atomic E-state index is 0.108. The van der Waals surface area contributed by atoms with Crippen molar-refractivity contribution in [2.45, 2.75) is 33.6 Å². The molecule has 1 rings (SSSR count). The number of anilines is 1. The zero-order chi connectivity index (χ0) is 18.0. The van der Waals surface area contributed by atoms with Crippen molar-refractivity contribution in [1.82, 2.24) is 10.2 Å². The van der Waals surface area contributed by atoms with Gasteiger partial charge in [-0.25, -0.2) is 8.42 Å². The van der Waals surface area contributed by atoms with Crippen LogP contribution in [-0.4, -0.2) is 51.2 Å². The van der Waals surface area contributed by atoms with Crippen molar-refractivity contribution < 1.29 is 13.2 Å². The first kappa shape index (κ1) is 20.4. The summed E-state index contributed by atoms with van der Waals surface area (Å²) in [4.78, 5) is 14.3. The molecule has 0 aliphatic carbocycles. The van der Waals surface area contributed by atoms with Gasteiger partial charge in [0.25, 0.3) is 5.91 Å². The van der Waals surface area contributed by atoms with Crippen molar-refractivity contribution in [2.24, 2.45) is 0 Å². The lowest BCUT2D eigenvalue weighted by Gasteiger charge is -2.18. The summed E-state index contributed by atoms with van der Waals surface area (Å²) in [5.41, 5.74) is 0.997. The number of nitrogens with zero attached hydrogens (tertiary/aromatic N) is 1. The Balaban J connectivity index is 2.53. The number of likely N-dealkylation sites (N-methyl/N-ethyl adjacent to an activating group) is 1. The fourth-order valence-electron chi connectivity index (χ4n) is 2.22. The number of hydrogen-bond donors (Lipinski definition) is 2. The second-order valence-electron chi connectivity index (χ2n) is 5.63. The Kier molecular flexibility index (Phi) is 8.78. The molecule has 0 aliphatic heterocycles. The van der Waals surface area contributed by atoms with Crippen LogP contribution >= 0.6 is 0 Å². The number of unbranched alkanes of at least 4 members (excludes halogenated alkanes) is 1. The summed E-state index contributed by atoms with van der Waals surface area (Å²) < 4.78 is 26.2. The van der Waals surface area contributed by atoms with E-state index >= 15 is 0 Å². The van der Waals surface area contributed by atoms with Crippen molar-refractivity contribution in [2.75, 3.05) is 36.7 Å². The van der Waals surface area contributed by atoms with E-state index in [0.29, 0.717) is 24.2 Å². The van der Waals surface area contributed by atoms with Gasteiger partial charge in [-0.15, -0.1) is 0 Å². The van der Waals surface area contributed by atoms with E-state index in [1.54, 1.807) is 24.3 Å². The molecule has 1 aromatic carbocycles. The van der Waals surface area contributed by atoms with E-state index in [0.717, 1.165) is 26.1 Å². The molecule has 0 radical (unpaired) electrons. The second-order valence-corrected chi connectivity index (χ2v) is 7.48. The highest BCUT2D eigenvalue weighted by atomic mass is 32.2. The number of benzene rings is 1. The molecule has 0 heterocycles. The molecule has 1 amide bonds. The van der Waals surface area contributed by atoms with Gasteiger partial charge in [-0.05, 0) is 43.8 Å². The molecule has 0 aromatic heterocycles. The van der Waals surface area contributed by atoms with Crippen LogP contribution in [0.5, 0.6) is 0 Å². The highest BCUT2D eigenvalue weighted by Gasteiger charge is 2.10. The Bertz CT molecular complexity index is 596. The van der Waals surface area contributed by atoms with Crippen LogP contribution in [0.1, 0.15) is 44.0 Å². The Labute approximate surface area is 145 Å². The third-order valence-corrected chi connectivity index (χ3v) is 5.17. The molecule has 0 bridgehead atoms. The van der Waals surface area contributed by atoms with E-state index in [1.165, 1.54) is 0 Å². The first-order chi connectivity index (χ1) is 11.4. The van der Waals surface area contributed by atoms with Gasteiger partial charge in [0.1, 0.15) is 0 Å². The van der Waals surface area contributed by atoms with E-state index in [4.69, 9.17) is 0 Å². The van der Waals surface area contributed by atoms with Crippen LogP contribution in [0.2, 0.25) is 0 Å². The monoisotopic (exact) mass is 355 g/mol. The van der Waals surface area contributed by atoms with Crippen molar-refractivity contribution in [3.8, 4) is 0 Å². The van der Waals surface area contributed by atoms with Crippen molar-refractivity contribution >= 4 is 21.6 Å². The predicted molar refractivity (Wildman–Crippen MR) is 98.9 cm³/mol. The second kappa shape index (κ2) is 10.3. The summed E-state index contributed by atoms with van der Waals surface area (Å²) >= 11 is 0. The number of amides is 1. The molecule has 0 fully saturated rings. The molecule has 0 unspecified atom stereocenters. The van der Waals surface area contributed by atoms with Crippen molar-refractivity contribution in [3.05, 3.63) is 29.8 Å². The number of nitrogens with one attached hydrogen (secondary N) is 2. The molecule has 1 aromatic rings. The van der Waals surface area contributed by atoms with Crippen molar-refractivity contribution in [1.29, 1.82) is 0 Å². The number of hydrogen-bond acceptors (Lipinski definition) is 4. The molecule has 0 atom stereocenters. The molecule has 7 heteroatoms. The van der Waals surface area contributed by atoms with Crippen LogP contribution in [0.3, 0.4) is 0 Å². The number of rotatable bonds is 11. The van der Waals surface area contributed by atoms with E-state index in [1.807, 2.05) is 6.92 Å². The standard InChI is InChI=1S/C17H29N3O3S/c1-4-7-14-24(22,23)19-16-10-8-15(9-11-16)17(21)18-12-13-20(5-2)6-3/h8-11,19H,4-7,12-14H2,1-3H3,(H,18,21). The van der Waals surface area contributed by atoms with Crippen LogP contribution in [0.15, 0.2) is 24.3 Å². The normalized spacial score (nSPS) is 11.5. The zero-order valence-corrected chi connectivity index (χ0v) is 15.7. The predicted octanol–water partition coefficient (Wildman–Crippen LogP) is 2.30. The average Bonchev–Trinajstić information content (AvgIpc) is 2.57. The molecule has 0 saturated heterocycles. The molecule has 24 heavy (non-hydrogen) atoms. The lowest BCUT2D eigenvalue weighted by molar-refractivity contribution is 0.0949. The average molecular weight is 356 g/mol. The lowest BCUT2D eigenvalue weighted by Crippen LogP contribution is -2.34. The first-order valence-electron chi connectivity index (χ1n) is 8.53. The molecule has 0 saturated carbocycles. The summed E-state index contributed by atoms with van der Waals surface area (Å²) in [5, 5.41) is 2.87. The quantitative estimate of drug-likeness (QED) is 0.638. The van der Waals surface area contributed by atoms with E-state index in [-0.39, 0.29) is 11.7 Å². The van der Waals surface area contributed by atoms with Crippen LogP contribution in [0.4, 0.5) is 5.69 Å². The highest BCUT2D eigenvalue weighted by Crippen LogP contribution is 2.12. The number of carbonyl (C=O) groups is 1. The zero-order valence-electron chi connectivity index (χ0n) is 14.8. The van der Waals surface area contributed by atoms with E-state index in [2.05, 4.69) is 28.8 Å². The number of sulfonamides is 1. The summed E-state index contributed by atoms with van der Waals surface area (Å²) in [7, 11) is -3.32. The molecule has 6 nitrogen and oxygen atoms in total. The van der Waals surface area contributed by atoms with Gasteiger partial charge in [0.15, 0.2) is 0 Å². The smallest absolute Gasteiger partial charge is 0.251 e. The van der Waals surface area contributed by atoms with Crippen LogP contribution in [0, 0.1) is 0 Å². The van der Waals surface area contributed by atoms with Crippen LogP contribution < -0.4 is 10.0 Å². The topological polar surface area (TPSA) is 78.5 Å². The maximum Gasteiger partial charge on any atom is 0.251 e. The Morgan fingerprint density at radius 2 is 1.71 bits per heavy atom. The third kappa shape index (κ3) is 7.31. The highest BCUT2D eigenvalue weighted by molar-refractivity contribution is 7.92. The van der Waals surface area contributed by atoms with Gasteiger partial charge in [0.05, 0.1) is 5.75 Å². The summed E-state index contributed by atoms with van der Waals surface area (Å²) in [6.07, 6.45) is 1.45. The van der Waals surface area contributed by atoms with Crippen LogP contribution in [-0.2, 0) is 10.0 Å². The van der Waals surface area contributed by atoms with Gasteiger partial charge in [0.2, 0.25) is 10.0 Å². The van der Waals surface area contributed by atoms with Gasteiger partial charge >= 0.3 is 0 Å². The summed E-state index contributed by atoms with van der Waals surface area (Å²) in [5.74, 6) is -0.0422. The maximum absolute atomic E-state index is 12.1. The summed E-state index contributed by atoms with van der Waals surface area (Å²) in [6.45, 7) is 9.44. The maximum atomic E-state index is 12.1. The van der Waals surface area contributed by atoms with Gasteiger partial charge < -0.3 is 10.2 Å². The minimum Gasteiger partial charge on any atom is -0.351 e. The van der Waals surface area contributed by atoms with E-state index in [9.17, 15) is 13.2 Å². The largest absolute Gasteiger partial charge is 0.351 e. The fourth-order valence-corrected chi connectivity index (χ4v) is 3.49. The molecule has 136 valence electrons. The molecule has 0 spiro atoms. The third-order valence-electron chi connectivity index (χ3n) is 3.80. The van der Waals surface area contributed by atoms with Gasteiger partial charge in [-0.1, -0.05) is 27.2 Å². The van der Waals surface area contributed by atoms with Gasteiger partial charge in [-0.3, -0.25) is 9.52 Å². The van der Waals surface area contributed by atoms with E-state index < -0.39 is 10.0 Å². The fraction of sp³-hybridized carbons (Fsp3) is 0.588. The van der Waals surface area contributed by atoms with Gasteiger partial charge in [-0.2, -0.15) is 0 Å². The Morgan fingerprint density at radius 1 is 1.08 bits per heavy atom. The molecular weight excluding hydrogens is 326 g/mol. The van der Waals surface area contributed by atoms with Crippen LogP contribution in [0.25, 0.3) is 0 Å². The SMILES string of the molecule is CCCCS(=O)(=O)Nc1ccc(C(=O)NCCN(CC)CC)cc1. The van der Waals surface area contributed by atoms with Crippen molar-refractivity contribution in [3.63, 3.8) is 0 Å². The van der Waals surface area contributed by atoms with Gasteiger partial charge in [0, 0.05) is 24.3 Å². The summed E-state index contributed by atoms with van der Waals surface area (Å²) in [6, 6.07) is 6.49. The number of carbonyl (C=O) groups excluding carboxylic acids is 1. The minimum atomic E-state index is -3.32. The first-order valence-corrected chi connectivity index (χ1v) is 10.2. The molecular formula is C17H29N3O3S. The molecule has 2 N–H and O–H groups in total. The lowest BCUT2D eigenvalue weighted by atomic mass is 10.2. The Hall–Kier alpha value is -1.60.